The number of nitrogens with one attached hydrogen (secondary N) is 1. The van der Waals surface area contributed by atoms with Crippen LogP contribution in [0.4, 0.5) is 5.69 Å². The van der Waals surface area contributed by atoms with E-state index in [4.69, 9.17) is 9.29 Å². The zero-order valence-electron chi connectivity index (χ0n) is 13.1. The first-order valence-corrected chi connectivity index (χ1v) is 9.61. The molecule has 0 saturated carbocycles. The fourth-order valence-corrected chi connectivity index (χ4v) is 3.16. The van der Waals surface area contributed by atoms with Crippen LogP contribution in [0.3, 0.4) is 0 Å². The van der Waals surface area contributed by atoms with Gasteiger partial charge in [0.25, 0.3) is 11.3 Å². The van der Waals surface area contributed by atoms with Crippen molar-refractivity contribution in [3.05, 3.63) is 53.6 Å². The predicted molar refractivity (Wildman–Crippen MR) is 93.9 cm³/mol. The van der Waals surface area contributed by atoms with Gasteiger partial charge in [0.2, 0.25) is 0 Å². The molecule has 0 aromatic heterocycles. The lowest BCUT2D eigenvalue weighted by Crippen LogP contribution is -2.08. The highest BCUT2D eigenvalue weighted by Gasteiger charge is 2.11. The van der Waals surface area contributed by atoms with Crippen LogP contribution in [-0.4, -0.2) is 25.0 Å². The fraction of sp³-hybridized carbons (Fsp3) is 0.188. The summed E-state index contributed by atoms with van der Waals surface area (Å²) in [5, 5.41) is 0. The summed E-state index contributed by atoms with van der Waals surface area (Å²) in [5.74, 6) is 0.339. The van der Waals surface area contributed by atoms with Gasteiger partial charge in [0.15, 0.2) is 5.78 Å². The highest BCUT2D eigenvalue weighted by molar-refractivity contribution is 7.84. The zero-order chi connectivity index (χ0) is 17.7. The highest BCUT2D eigenvalue weighted by atomic mass is 32.2. The molecule has 0 aliphatic rings. The van der Waals surface area contributed by atoms with Crippen LogP contribution in [0.15, 0.2) is 47.4 Å². The Morgan fingerprint density at radius 3 is 2.54 bits per heavy atom. The van der Waals surface area contributed by atoms with Crippen LogP contribution >= 0.6 is 0 Å². The smallest absolute Gasteiger partial charge is 0.259 e. The van der Waals surface area contributed by atoms with E-state index in [0.717, 1.165) is 0 Å². The minimum absolute atomic E-state index is 0.0505. The van der Waals surface area contributed by atoms with Gasteiger partial charge < -0.3 is 4.74 Å². The van der Waals surface area contributed by atoms with Crippen LogP contribution < -0.4 is 9.46 Å². The van der Waals surface area contributed by atoms with Crippen molar-refractivity contribution in [2.45, 2.75) is 18.4 Å². The van der Waals surface area contributed by atoms with Crippen LogP contribution in [0.2, 0.25) is 0 Å². The van der Waals surface area contributed by atoms with Gasteiger partial charge in [0.1, 0.15) is 12.4 Å². The summed E-state index contributed by atoms with van der Waals surface area (Å²) in [6, 6.07) is 11.6. The largest absolute Gasteiger partial charge is 0.488 e. The summed E-state index contributed by atoms with van der Waals surface area (Å²) < 4.78 is 39.9. The molecular weight excluding hydrogens is 350 g/mol. The fourth-order valence-electron chi connectivity index (χ4n) is 2.09. The molecule has 2 aromatic rings. The summed E-state index contributed by atoms with van der Waals surface area (Å²) in [6.45, 7) is 1.49. The Hall–Kier alpha value is -2.03. The first kappa shape index (κ1) is 18.3. The van der Waals surface area contributed by atoms with Crippen molar-refractivity contribution in [1.82, 2.24) is 0 Å². The number of para-hydroxylation sites is 1. The Labute approximate surface area is 145 Å². The molecule has 0 aliphatic carbocycles. The lowest BCUT2D eigenvalue weighted by atomic mass is 10.1. The second-order valence-corrected chi connectivity index (χ2v) is 7.02. The molecule has 0 aliphatic heterocycles. The van der Waals surface area contributed by atoms with Crippen LogP contribution in [0, 0.1) is 0 Å². The molecule has 0 amide bonds. The van der Waals surface area contributed by atoms with Gasteiger partial charge in [-0.25, -0.2) is 4.21 Å². The molecule has 6 nitrogen and oxygen atoms in total. The molecule has 0 bridgehead atoms. The summed E-state index contributed by atoms with van der Waals surface area (Å²) in [7, 11) is -1.21. The van der Waals surface area contributed by atoms with Gasteiger partial charge in [0.05, 0.1) is 21.4 Å². The van der Waals surface area contributed by atoms with E-state index in [-0.39, 0.29) is 12.4 Å². The number of ketones is 1. The molecule has 2 unspecified atom stereocenters. The number of rotatable bonds is 7. The van der Waals surface area contributed by atoms with Gasteiger partial charge in [-0.2, -0.15) is 0 Å². The minimum Gasteiger partial charge on any atom is -0.488 e. The van der Waals surface area contributed by atoms with Crippen LogP contribution in [0.1, 0.15) is 22.8 Å². The number of Topliss-reactive ketones (excluding diaryl/α,β-unsaturated/α-hetero) is 1. The molecule has 24 heavy (non-hydrogen) atoms. The molecule has 0 radical (unpaired) electrons. The van der Waals surface area contributed by atoms with Gasteiger partial charge in [-0.05, 0) is 37.3 Å². The topological polar surface area (TPSA) is 92.7 Å². The second kappa shape index (κ2) is 8.18. The predicted octanol–water partition coefficient (Wildman–Crippen LogP) is 2.75. The van der Waals surface area contributed by atoms with Crippen molar-refractivity contribution in [3.63, 3.8) is 0 Å². The normalized spacial score (nSPS) is 13.1. The molecule has 2 rings (SSSR count). The number of anilines is 1. The van der Waals surface area contributed by atoms with Gasteiger partial charge in [-0.15, -0.1) is 0 Å². The number of hydrogen-bond donors (Lipinski definition) is 2. The van der Waals surface area contributed by atoms with Gasteiger partial charge in [-0.3, -0.25) is 18.3 Å². The molecule has 8 heteroatoms. The number of ether oxygens (including phenoxy) is 1. The van der Waals surface area contributed by atoms with Crippen molar-refractivity contribution >= 4 is 33.5 Å². The molecule has 128 valence electrons. The van der Waals surface area contributed by atoms with Crippen molar-refractivity contribution in [2.75, 3.05) is 11.0 Å². The second-order valence-electron chi connectivity index (χ2n) is 4.97. The third-order valence-electron chi connectivity index (χ3n) is 3.25. The summed E-state index contributed by atoms with van der Waals surface area (Å²) in [5.41, 5.74) is 1.40. The maximum atomic E-state index is 11.7. The molecule has 0 saturated heterocycles. The summed E-state index contributed by atoms with van der Waals surface area (Å²) in [4.78, 5) is 12.1. The first-order chi connectivity index (χ1) is 11.4. The lowest BCUT2D eigenvalue weighted by Gasteiger charge is -2.14. The average Bonchev–Trinajstić information content (AvgIpc) is 2.53. The third kappa shape index (κ3) is 4.73. The van der Waals surface area contributed by atoms with Crippen LogP contribution in [-0.2, 0) is 28.7 Å². The van der Waals surface area contributed by atoms with E-state index in [1.54, 1.807) is 48.7 Å². The standard InChI is InChI=1S/C16H17NO5S2/c1-11(18)12-7-8-14(17-24(20)21)13(9-12)10-22-15-5-3-4-6-16(15)23(2)19/h3-9,17H,10H2,1-2H3,(H,20,21). The molecule has 0 heterocycles. The van der Waals surface area contributed by atoms with Crippen molar-refractivity contribution in [3.8, 4) is 5.75 Å². The number of carbonyl (C=O) groups is 1. The molecule has 2 atom stereocenters. The Morgan fingerprint density at radius 1 is 1.21 bits per heavy atom. The van der Waals surface area contributed by atoms with E-state index in [1.807, 2.05) is 0 Å². The van der Waals surface area contributed by atoms with Gasteiger partial charge in [-0.1, -0.05) is 12.1 Å². The Balaban J connectivity index is 2.30. The molecule has 0 spiro atoms. The first-order valence-electron chi connectivity index (χ1n) is 6.95. The van der Waals surface area contributed by atoms with Crippen molar-refractivity contribution in [1.29, 1.82) is 0 Å². The average molecular weight is 367 g/mol. The minimum atomic E-state index is -2.24. The summed E-state index contributed by atoms with van der Waals surface area (Å²) >= 11 is -2.24. The maximum absolute atomic E-state index is 11.7. The zero-order valence-corrected chi connectivity index (χ0v) is 14.8. The monoisotopic (exact) mass is 367 g/mol. The highest BCUT2D eigenvalue weighted by Crippen LogP contribution is 2.25. The van der Waals surface area contributed by atoms with Gasteiger partial charge >= 0.3 is 0 Å². The quantitative estimate of drug-likeness (QED) is 0.580. The molecule has 2 aromatic carbocycles. The van der Waals surface area contributed by atoms with E-state index in [0.29, 0.717) is 27.5 Å². The van der Waals surface area contributed by atoms with E-state index in [9.17, 15) is 13.2 Å². The van der Waals surface area contributed by atoms with Crippen molar-refractivity contribution < 1.29 is 22.5 Å². The molecular formula is C16H17NO5S2. The third-order valence-corrected chi connectivity index (χ3v) is 4.60. The Kier molecular flexibility index (Phi) is 6.24. The van der Waals surface area contributed by atoms with E-state index in [1.165, 1.54) is 6.92 Å². The molecule has 0 fully saturated rings. The SMILES string of the molecule is CC(=O)c1ccc(NS(=O)O)c(COc2ccccc2S(C)=O)c1. The lowest BCUT2D eigenvalue weighted by molar-refractivity contribution is 0.101. The Morgan fingerprint density at radius 2 is 1.92 bits per heavy atom. The summed E-state index contributed by atoms with van der Waals surface area (Å²) in [6.07, 6.45) is 1.56. The van der Waals surface area contributed by atoms with Crippen molar-refractivity contribution in [2.24, 2.45) is 0 Å². The van der Waals surface area contributed by atoms with E-state index >= 15 is 0 Å². The van der Waals surface area contributed by atoms with E-state index in [2.05, 4.69) is 4.72 Å². The molecule has 2 N–H and O–H groups in total. The number of hydrogen-bond acceptors (Lipinski definition) is 4. The Bertz CT molecular complexity index is 807. The maximum Gasteiger partial charge on any atom is 0.259 e. The number of carbonyl (C=O) groups excluding carboxylic acids is 1. The number of benzene rings is 2. The van der Waals surface area contributed by atoms with Gasteiger partial charge in [0, 0.05) is 17.4 Å². The van der Waals surface area contributed by atoms with E-state index < -0.39 is 22.1 Å². The van der Waals surface area contributed by atoms with Crippen LogP contribution in [0.5, 0.6) is 5.75 Å². The van der Waals surface area contributed by atoms with Crippen LogP contribution in [0.25, 0.3) is 0 Å².